The lowest BCUT2D eigenvalue weighted by Gasteiger charge is -2.28. The highest BCUT2D eigenvalue weighted by molar-refractivity contribution is 9.11. The first-order valence-corrected chi connectivity index (χ1v) is 9.41. The van der Waals surface area contributed by atoms with E-state index in [9.17, 15) is 13.5 Å². The topological polar surface area (TPSA) is 57.6 Å². The minimum atomic E-state index is -3.62. The van der Waals surface area contributed by atoms with Gasteiger partial charge in [0.2, 0.25) is 10.0 Å². The second-order valence-electron chi connectivity index (χ2n) is 5.27. The van der Waals surface area contributed by atoms with Crippen molar-refractivity contribution in [3.63, 3.8) is 0 Å². The van der Waals surface area contributed by atoms with Crippen LogP contribution < -0.4 is 0 Å². The molecule has 1 aliphatic carbocycles. The highest BCUT2D eigenvalue weighted by Gasteiger charge is 2.36. The maximum atomic E-state index is 12.6. The van der Waals surface area contributed by atoms with Gasteiger partial charge >= 0.3 is 0 Å². The Morgan fingerprint density at radius 3 is 2.50 bits per heavy atom. The number of sulfonamides is 1. The summed E-state index contributed by atoms with van der Waals surface area (Å²) in [5.41, 5.74) is -0.889. The lowest BCUT2D eigenvalue weighted by atomic mass is 10.0. The van der Waals surface area contributed by atoms with Crippen LogP contribution in [0.1, 0.15) is 25.7 Å². The van der Waals surface area contributed by atoms with Gasteiger partial charge in [-0.2, -0.15) is 4.31 Å². The van der Waals surface area contributed by atoms with Gasteiger partial charge in [-0.25, -0.2) is 8.42 Å². The normalized spacial score (nSPS) is 18.6. The molecule has 0 saturated heterocycles. The smallest absolute Gasteiger partial charge is 0.244 e. The Labute approximate surface area is 136 Å². The van der Waals surface area contributed by atoms with Crippen LogP contribution in [0.4, 0.5) is 0 Å². The predicted octanol–water partition coefficient (Wildman–Crippen LogP) is 3.14. The second kappa shape index (κ2) is 6.04. The largest absolute Gasteiger partial charge is 0.389 e. The van der Waals surface area contributed by atoms with Crippen molar-refractivity contribution in [3.05, 3.63) is 27.1 Å². The molecule has 2 rings (SSSR count). The molecule has 0 atom stereocenters. The summed E-state index contributed by atoms with van der Waals surface area (Å²) in [4.78, 5) is 0.205. The molecular formula is C13H17Br2NO3S. The van der Waals surface area contributed by atoms with Gasteiger partial charge < -0.3 is 5.11 Å². The zero-order valence-electron chi connectivity index (χ0n) is 11.1. The fraction of sp³-hybridized carbons (Fsp3) is 0.538. The summed E-state index contributed by atoms with van der Waals surface area (Å²) in [6, 6.07) is 5.03. The van der Waals surface area contributed by atoms with Gasteiger partial charge in [-0.3, -0.25) is 0 Å². The molecule has 4 nitrogen and oxygen atoms in total. The SMILES string of the molecule is CN(CC1(O)CCCC1)S(=O)(=O)c1cc(Br)ccc1Br. The number of likely N-dealkylation sites (N-methyl/N-ethyl adjacent to an activating group) is 1. The van der Waals surface area contributed by atoms with Crippen LogP contribution in [-0.4, -0.2) is 37.0 Å². The molecule has 0 amide bonds. The van der Waals surface area contributed by atoms with Crippen molar-refractivity contribution in [1.29, 1.82) is 0 Å². The molecule has 1 saturated carbocycles. The molecule has 20 heavy (non-hydrogen) atoms. The van der Waals surface area contributed by atoms with Crippen LogP contribution in [-0.2, 0) is 10.0 Å². The zero-order valence-corrected chi connectivity index (χ0v) is 15.1. The van der Waals surface area contributed by atoms with Gasteiger partial charge in [0.05, 0.1) is 10.5 Å². The van der Waals surface area contributed by atoms with E-state index in [2.05, 4.69) is 31.9 Å². The van der Waals surface area contributed by atoms with Crippen molar-refractivity contribution >= 4 is 41.9 Å². The van der Waals surface area contributed by atoms with Crippen LogP contribution in [0.15, 0.2) is 32.0 Å². The first-order valence-electron chi connectivity index (χ1n) is 6.38. The molecule has 0 aromatic heterocycles. The van der Waals surface area contributed by atoms with Gasteiger partial charge in [0.15, 0.2) is 0 Å². The molecule has 1 aromatic rings. The van der Waals surface area contributed by atoms with E-state index in [4.69, 9.17) is 0 Å². The first kappa shape index (κ1) is 16.4. The molecule has 1 fully saturated rings. The van der Waals surface area contributed by atoms with E-state index in [1.54, 1.807) is 18.2 Å². The Morgan fingerprint density at radius 1 is 1.30 bits per heavy atom. The molecule has 1 aliphatic rings. The number of halogens is 2. The number of hydrogen-bond acceptors (Lipinski definition) is 3. The minimum Gasteiger partial charge on any atom is -0.389 e. The molecule has 0 unspecified atom stereocenters. The van der Waals surface area contributed by atoms with E-state index in [0.717, 1.165) is 12.8 Å². The lowest BCUT2D eigenvalue weighted by molar-refractivity contribution is 0.0333. The van der Waals surface area contributed by atoms with Crippen molar-refractivity contribution in [2.24, 2.45) is 0 Å². The molecule has 0 radical (unpaired) electrons. The minimum absolute atomic E-state index is 0.133. The second-order valence-corrected chi connectivity index (χ2v) is 9.05. The Hall–Kier alpha value is 0.0500. The van der Waals surface area contributed by atoms with Crippen molar-refractivity contribution in [3.8, 4) is 0 Å². The highest BCUT2D eigenvalue weighted by atomic mass is 79.9. The van der Waals surface area contributed by atoms with E-state index >= 15 is 0 Å². The Balaban J connectivity index is 2.27. The van der Waals surface area contributed by atoms with E-state index in [-0.39, 0.29) is 11.4 Å². The molecule has 0 aliphatic heterocycles. The number of hydrogen-bond donors (Lipinski definition) is 1. The third kappa shape index (κ3) is 3.44. The standard InChI is InChI=1S/C13H17Br2NO3S/c1-16(9-13(17)6-2-3-7-13)20(18,19)12-8-10(14)4-5-11(12)15/h4-5,8,17H,2-3,6-7,9H2,1H3. The van der Waals surface area contributed by atoms with Gasteiger partial charge in [-0.15, -0.1) is 0 Å². The van der Waals surface area contributed by atoms with Gasteiger partial charge in [0.25, 0.3) is 0 Å². The maximum Gasteiger partial charge on any atom is 0.244 e. The summed E-state index contributed by atoms with van der Waals surface area (Å²) in [7, 11) is -2.11. The Bertz CT molecular complexity index is 598. The molecular weight excluding hydrogens is 410 g/mol. The van der Waals surface area contributed by atoms with Gasteiger partial charge in [0, 0.05) is 22.5 Å². The average Bonchev–Trinajstić information content (AvgIpc) is 2.78. The quantitative estimate of drug-likeness (QED) is 0.804. The van der Waals surface area contributed by atoms with Crippen LogP contribution in [0.5, 0.6) is 0 Å². The Morgan fingerprint density at radius 2 is 1.90 bits per heavy atom. The highest BCUT2D eigenvalue weighted by Crippen LogP contribution is 2.33. The average molecular weight is 427 g/mol. The van der Waals surface area contributed by atoms with Crippen molar-refractivity contribution in [2.75, 3.05) is 13.6 Å². The van der Waals surface area contributed by atoms with Crippen molar-refractivity contribution in [2.45, 2.75) is 36.2 Å². The lowest BCUT2D eigenvalue weighted by Crippen LogP contribution is -2.42. The summed E-state index contributed by atoms with van der Waals surface area (Å²) >= 11 is 6.55. The fourth-order valence-electron chi connectivity index (χ4n) is 2.53. The molecule has 0 heterocycles. The van der Waals surface area contributed by atoms with Crippen LogP contribution >= 0.6 is 31.9 Å². The maximum absolute atomic E-state index is 12.6. The zero-order chi connectivity index (χ0) is 15.0. The summed E-state index contributed by atoms with van der Waals surface area (Å²) < 4.78 is 27.7. The number of nitrogens with zero attached hydrogens (tertiary/aromatic N) is 1. The number of aliphatic hydroxyl groups is 1. The van der Waals surface area contributed by atoms with E-state index in [1.807, 2.05) is 0 Å². The molecule has 0 bridgehead atoms. The van der Waals surface area contributed by atoms with Crippen LogP contribution in [0, 0.1) is 0 Å². The Kier molecular flexibility index (Phi) is 4.96. The predicted molar refractivity (Wildman–Crippen MR) is 85.1 cm³/mol. The summed E-state index contributed by atoms with van der Waals surface area (Å²) in [6.07, 6.45) is 3.22. The van der Waals surface area contributed by atoms with Crippen molar-refractivity contribution < 1.29 is 13.5 Å². The first-order chi connectivity index (χ1) is 9.24. The summed E-state index contributed by atoms with van der Waals surface area (Å²) in [5.74, 6) is 0. The van der Waals surface area contributed by atoms with Gasteiger partial charge in [-0.05, 0) is 47.0 Å². The summed E-state index contributed by atoms with van der Waals surface area (Å²) in [6.45, 7) is 0.133. The van der Waals surface area contributed by atoms with E-state index in [1.165, 1.54) is 11.4 Å². The van der Waals surface area contributed by atoms with E-state index in [0.29, 0.717) is 21.8 Å². The molecule has 7 heteroatoms. The fourth-order valence-corrected chi connectivity index (χ4v) is 5.24. The van der Waals surface area contributed by atoms with Crippen molar-refractivity contribution in [1.82, 2.24) is 4.31 Å². The third-order valence-corrected chi connectivity index (χ3v) is 6.92. The number of rotatable bonds is 4. The molecule has 1 aromatic carbocycles. The monoisotopic (exact) mass is 425 g/mol. The van der Waals surface area contributed by atoms with E-state index < -0.39 is 15.6 Å². The van der Waals surface area contributed by atoms with Gasteiger partial charge in [-0.1, -0.05) is 28.8 Å². The number of benzene rings is 1. The summed E-state index contributed by atoms with van der Waals surface area (Å²) in [5, 5.41) is 10.4. The third-order valence-electron chi connectivity index (χ3n) is 3.63. The molecule has 0 spiro atoms. The van der Waals surface area contributed by atoms with Crippen LogP contribution in [0.3, 0.4) is 0 Å². The molecule has 112 valence electrons. The van der Waals surface area contributed by atoms with Crippen LogP contribution in [0.2, 0.25) is 0 Å². The van der Waals surface area contributed by atoms with Gasteiger partial charge in [0.1, 0.15) is 0 Å². The van der Waals surface area contributed by atoms with Crippen LogP contribution in [0.25, 0.3) is 0 Å². The molecule has 1 N–H and O–H groups in total.